The minimum atomic E-state index is -4.36. The number of phosphoric acid groups is 1. The molecule has 0 aromatic carbocycles. The van der Waals surface area contributed by atoms with Crippen molar-refractivity contribution in [2.75, 3.05) is 26.4 Å². The number of carbonyl (C=O) groups is 2. The number of ether oxygens (including phenoxy) is 2. The average molecular weight is 706 g/mol. The maximum absolute atomic E-state index is 12.5. The Bertz CT molecular complexity index is 769. The monoisotopic (exact) mass is 706 g/mol. The van der Waals surface area contributed by atoms with E-state index in [0.29, 0.717) is 6.42 Å². The van der Waals surface area contributed by atoms with Gasteiger partial charge in [-0.05, 0) is 12.8 Å². The predicted octanol–water partition coefficient (Wildman–Crippen LogP) is 10.9. The van der Waals surface area contributed by atoms with Crippen LogP contribution in [0.3, 0.4) is 0 Å². The van der Waals surface area contributed by atoms with E-state index in [2.05, 4.69) is 13.8 Å². The maximum Gasteiger partial charge on any atom is 0.472 e. The van der Waals surface area contributed by atoms with Gasteiger partial charge in [-0.15, -0.1) is 0 Å². The topological polar surface area (TPSA) is 134 Å². The highest BCUT2D eigenvalue weighted by molar-refractivity contribution is 7.47. The van der Waals surface area contributed by atoms with Crippen LogP contribution in [0.2, 0.25) is 0 Å². The summed E-state index contributed by atoms with van der Waals surface area (Å²) in [5.74, 6) is -0.817. The number of phosphoric ester groups is 1. The average Bonchev–Trinajstić information content (AvgIpc) is 3.07. The van der Waals surface area contributed by atoms with Gasteiger partial charge >= 0.3 is 19.8 Å². The van der Waals surface area contributed by atoms with E-state index in [1.165, 1.54) is 135 Å². The number of esters is 2. The summed E-state index contributed by atoms with van der Waals surface area (Å²) in [5.41, 5.74) is 5.33. The third-order valence-electron chi connectivity index (χ3n) is 8.74. The molecular formula is C38H76NO8P. The van der Waals surface area contributed by atoms with Gasteiger partial charge in [0, 0.05) is 19.4 Å². The Morgan fingerprint density at radius 1 is 0.542 bits per heavy atom. The van der Waals surface area contributed by atoms with Crippen LogP contribution in [-0.4, -0.2) is 49.3 Å². The van der Waals surface area contributed by atoms with Gasteiger partial charge in [0.15, 0.2) is 6.10 Å². The Morgan fingerprint density at radius 3 is 1.27 bits per heavy atom. The van der Waals surface area contributed by atoms with Crippen LogP contribution in [-0.2, 0) is 32.7 Å². The molecule has 0 aliphatic rings. The van der Waals surface area contributed by atoms with Gasteiger partial charge in [0.25, 0.3) is 0 Å². The van der Waals surface area contributed by atoms with E-state index in [9.17, 15) is 19.0 Å². The second-order valence-electron chi connectivity index (χ2n) is 13.5. The van der Waals surface area contributed by atoms with Crippen molar-refractivity contribution < 1.29 is 37.6 Å². The van der Waals surface area contributed by atoms with Gasteiger partial charge in [-0.3, -0.25) is 18.6 Å². The molecule has 3 N–H and O–H groups in total. The van der Waals surface area contributed by atoms with E-state index in [1.807, 2.05) is 0 Å². The lowest BCUT2D eigenvalue weighted by molar-refractivity contribution is -0.161. The van der Waals surface area contributed by atoms with Gasteiger partial charge in [0.1, 0.15) is 6.61 Å². The highest BCUT2D eigenvalue weighted by Crippen LogP contribution is 2.43. The number of rotatable bonds is 38. The molecule has 0 rings (SSSR count). The van der Waals surface area contributed by atoms with E-state index >= 15 is 0 Å². The Kier molecular flexibility index (Phi) is 35.1. The van der Waals surface area contributed by atoms with Crippen LogP contribution in [0.1, 0.15) is 200 Å². The Morgan fingerprint density at radius 2 is 0.896 bits per heavy atom. The van der Waals surface area contributed by atoms with Crippen molar-refractivity contribution in [1.29, 1.82) is 0 Å². The second-order valence-corrected chi connectivity index (χ2v) is 15.0. The van der Waals surface area contributed by atoms with Crippen molar-refractivity contribution in [3.8, 4) is 0 Å². The van der Waals surface area contributed by atoms with Gasteiger partial charge in [-0.1, -0.05) is 174 Å². The van der Waals surface area contributed by atoms with Crippen molar-refractivity contribution >= 4 is 19.8 Å². The first-order valence-corrected chi connectivity index (χ1v) is 21.5. The first-order chi connectivity index (χ1) is 23.3. The first-order valence-electron chi connectivity index (χ1n) is 20.0. The number of unbranched alkanes of at least 4 members (excludes halogenated alkanes) is 25. The number of nitrogens with two attached hydrogens (primary N) is 1. The molecule has 0 spiro atoms. The third-order valence-corrected chi connectivity index (χ3v) is 9.73. The standard InChI is InChI=1S/C38H76NO8P/c1-3-5-7-9-11-13-15-17-18-19-21-22-24-26-28-30-37(40)44-34-36(35-46-48(42,43)45-33-32-39)47-38(41)31-29-27-25-23-20-16-14-12-10-8-6-4-2/h36H,3-35,39H2,1-2H3,(H,42,43)/t36-/m1/s1. The van der Waals surface area contributed by atoms with E-state index < -0.39 is 26.5 Å². The minimum absolute atomic E-state index is 0.0578. The zero-order valence-electron chi connectivity index (χ0n) is 31.2. The van der Waals surface area contributed by atoms with Crippen molar-refractivity contribution in [3.05, 3.63) is 0 Å². The largest absolute Gasteiger partial charge is 0.472 e. The fourth-order valence-corrected chi connectivity index (χ4v) is 6.52. The molecule has 286 valence electrons. The van der Waals surface area contributed by atoms with Crippen molar-refractivity contribution in [2.45, 2.75) is 206 Å². The van der Waals surface area contributed by atoms with Crippen molar-refractivity contribution in [1.82, 2.24) is 0 Å². The predicted molar refractivity (Wildman–Crippen MR) is 197 cm³/mol. The Hall–Kier alpha value is -0.990. The third kappa shape index (κ3) is 34.9. The molecule has 9 nitrogen and oxygen atoms in total. The summed E-state index contributed by atoms with van der Waals surface area (Å²) in [6, 6.07) is 0. The minimum Gasteiger partial charge on any atom is -0.462 e. The van der Waals surface area contributed by atoms with Crippen molar-refractivity contribution in [3.63, 3.8) is 0 Å². The zero-order chi connectivity index (χ0) is 35.4. The van der Waals surface area contributed by atoms with Crippen molar-refractivity contribution in [2.24, 2.45) is 5.73 Å². The van der Waals surface area contributed by atoms with E-state index in [-0.39, 0.29) is 38.6 Å². The molecule has 2 atom stereocenters. The van der Waals surface area contributed by atoms with Crippen LogP contribution in [0.15, 0.2) is 0 Å². The number of carbonyl (C=O) groups excluding carboxylic acids is 2. The molecule has 0 saturated carbocycles. The van der Waals surface area contributed by atoms with E-state index in [0.717, 1.165) is 32.1 Å². The van der Waals surface area contributed by atoms with Crippen LogP contribution in [0, 0.1) is 0 Å². The van der Waals surface area contributed by atoms with Crippen LogP contribution in [0.25, 0.3) is 0 Å². The molecule has 0 saturated heterocycles. The van der Waals surface area contributed by atoms with Gasteiger partial charge in [-0.2, -0.15) is 0 Å². The molecule has 0 amide bonds. The summed E-state index contributed by atoms with van der Waals surface area (Å²) >= 11 is 0. The van der Waals surface area contributed by atoms with Crippen LogP contribution in [0.4, 0.5) is 0 Å². The molecule has 0 aliphatic carbocycles. The summed E-state index contributed by atoms with van der Waals surface area (Å²) in [5, 5.41) is 0. The quantitative estimate of drug-likeness (QED) is 0.0365. The van der Waals surface area contributed by atoms with E-state index in [4.69, 9.17) is 24.3 Å². The number of hydrogen-bond donors (Lipinski definition) is 2. The van der Waals surface area contributed by atoms with Gasteiger partial charge in [0.2, 0.25) is 0 Å². The van der Waals surface area contributed by atoms with Gasteiger partial charge in [-0.25, -0.2) is 4.57 Å². The fourth-order valence-electron chi connectivity index (χ4n) is 5.75. The molecule has 0 radical (unpaired) electrons. The Labute approximate surface area is 295 Å². The summed E-state index contributed by atoms with van der Waals surface area (Å²) in [6.45, 7) is 3.75. The fraction of sp³-hybridized carbons (Fsp3) is 0.947. The zero-order valence-corrected chi connectivity index (χ0v) is 32.1. The van der Waals surface area contributed by atoms with Crippen LogP contribution in [0.5, 0.6) is 0 Å². The van der Waals surface area contributed by atoms with E-state index in [1.54, 1.807) is 0 Å². The summed E-state index contributed by atoms with van der Waals surface area (Å²) in [4.78, 5) is 34.7. The lowest BCUT2D eigenvalue weighted by Crippen LogP contribution is -2.29. The highest BCUT2D eigenvalue weighted by Gasteiger charge is 2.26. The summed E-state index contributed by atoms with van der Waals surface area (Å²) in [7, 11) is -4.36. The Balaban J connectivity index is 4.14. The van der Waals surface area contributed by atoms with Crippen LogP contribution < -0.4 is 5.73 Å². The highest BCUT2D eigenvalue weighted by atomic mass is 31.2. The molecule has 0 heterocycles. The molecule has 48 heavy (non-hydrogen) atoms. The second kappa shape index (κ2) is 35.8. The molecule has 0 aliphatic heterocycles. The molecule has 0 aromatic heterocycles. The van der Waals surface area contributed by atoms with Gasteiger partial charge in [0.05, 0.1) is 13.2 Å². The van der Waals surface area contributed by atoms with Gasteiger partial charge < -0.3 is 20.1 Å². The molecule has 0 bridgehead atoms. The molecule has 0 aromatic rings. The summed E-state index contributed by atoms with van der Waals surface area (Å²) < 4.78 is 32.7. The molecule has 10 heteroatoms. The maximum atomic E-state index is 12.5. The lowest BCUT2D eigenvalue weighted by Gasteiger charge is -2.19. The lowest BCUT2D eigenvalue weighted by atomic mass is 10.0. The molecule has 0 fully saturated rings. The number of hydrogen-bond acceptors (Lipinski definition) is 8. The smallest absolute Gasteiger partial charge is 0.462 e. The molecule has 1 unspecified atom stereocenters. The first kappa shape index (κ1) is 47.0. The van der Waals surface area contributed by atoms with Crippen LogP contribution >= 0.6 is 7.82 Å². The SMILES string of the molecule is CCCCCCCCCCCCCCCCCC(=O)OC[C@H](COP(=O)(O)OCCN)OC(=O)CCCCCCCCCCCCCC. The normalized spacial score (nSPS) is 13.3. The molecular weight excluding hydrogens is 629 g/mol. The summed E-state index contributed by atoms with van der Waals surface area (Å²) in [6.07, 6.45) is 32.7.